The molecule has 172 valence electrons. The number of alkyl halides is 3. The van der Waals surface area contributed by atoms with Crippen LogP contribution >= 0.6 is 0 Å². The first-order chi connectivity index (χ1) is 15.6. The molecule has 1 unspecified atom stereocenters. The number of pyridine rings is 1. The summed E-state index contributed by atoms with van der Waals surface area (Å²) >= 11 is 0. The third-order valence-corrected chi connectivity index (χ3v) is 5.40. The van der Waals surface area contributed by atoms with E-state index < -0.39 is 23.6 Å². The molecule has 1 aromatic carbocycles. The third kappa shape index (κ3) is 5.05. The van der Waals surface area contributed by atoms with Crippen LogP contribution < -0.4 is 5.56 Å². The topological polar surface area (TPSA) is 81.0 Å². The van der Waals surface area contributed by atoms with Crippen molar-refractivity contribution in [1.82, 2.24) is 14.3 Å². The Bertz CT molecular complexity index is 1290. The molecule has 1 aliphatic rings. The molecule has 4 rings (SSSR count). The van der Waals surface area contributed by atoms with E-state index >= 15 is 0 Å². The van der Waals surface area contributed by atoms with Crippen molar-refractivity contribution in [2.75, 3.05) is 6.54 Å². The van der Waals surface area contributed by atoms with Crippen molar-refractivity contribution in [3.05, 3.63) is 81.4 Å². The van der Waals surface area contributed by atoms with E-state index in [1.54, 1.807) is 18.3 Å². The fourth-order valence-electron chi connectivity index (χ4n) is 3.74. The van der Waals surface area contributed by atoms with Crippen molar-refractivity contribution in [3.8, 4) is 0 Å². The van der Waals surface area contributed by atoms with Crippen LogP contribution in [-0.2, 0) is 33.7 Å². The van der Waals surface area contributed by atoms with Gasteiger partial charge in [-0.3, -0.25) is 18.8 Å². The van der Waals surface area contributed by atoms with E-state index in [1.807, 2.05) is 6.92 Å². The molecule has 2 aromatic heterocycles. The highest BCUT2D eigenvalue weighted by Gasteiger charge is 2.36. The summed E-state index contributed by atoms with van der Waals surface area (Å²) in [5, 5.41) is 0. The lowest BCUT2D eigenvalue weighted by molar-refractivity contribution is -0.149. The monoisotopic (exact) mass is 459 g/mol. The SMILES string of the molecule is Cc1ccc2nc(COC(=O)C3CC(=O)N(Cc4cccc(C(F)(F)F)c4)C3)cc(=O)n2c1. The van der Waals surface area contributed by atoms with Crippen LogP contribution in [0.25, 0.3) is 5.65 Å². The van der Waals surface area contributed by atoms with E-state index in [0.29, 0.717) is 11.2 Å². The van der Waals surface area contributed by atoms with Crippen LogP contribution in [0.1, 0.15) is 28.8 Å². The number of hydrogen-bond acceptors (Lipinski definition) is 5. The molecule has 1 saturated heterocycles. The van der Waals surface area contributed by atoms with Gasteiger partial charge in [0.05, 0.1) is 17.2 Å². The maximum Gasteiger partial charge on any atom is 0.416 e. The van der Waals surface area contributed by atoms with Crippen LogP contribution in [0.3, 0.4) is 0 Å². The minimum Gasteiger partial charge on any atom is -0.459 e. The highest BCUT2D eigenvalue weighted by Crippen LogP contribution is 2.30. The Hall–Kier alpha value is -3.69. The predicted molar refractivity (Wildman–Crippen MR) is 111 cm³/mol. The molecule has 3 aromatic rings. The highest BCUT2D eigenvalue weighted by atomic mass is 19.4. The van der Waals surface area contributed by atoms with Crippen LogP contribution in [0, 0.1) is 12.8 Å². The number of esters is 1. The molecule has 7 nitrogen and oxygen atoms in total. The Morgan fingerprint density at radius 2 is 1.97 bits per heavy atom. The molecule has 1 fully saturated rings. The molecule has 0 saturated carbocycles. The van der Waals surface area contributed by atoms with Crippen molar-refractivity contribution in [2.24, 2.45) is 5.92 Å². The van der Waals surface area contributed by atoms with Gasteiger partial charge in [0.15, 0.2) is 0 Å². The van der Waals surface area contributed by atoms with E-state index in [4.69, 9.17) is 4.74 Å². The van der Waals surface area contributed by atoms with Gasteiger partial charge in [-0.25, -0.2) is 4.98 Å². The lowest BCUT2D eigenvalue weighted by atomic mass is 10.1. The van der Waals surface area contributed by atoms with Gasteiger partial charge in [0, 0.05) is 31.8 Å². The van der Waals surface area contributed by atoms with Crippen molar-refractivity contribution in [2.45, 2.75) is 32.7 Å². The summed E-state index contributed by atoms with van der Waals surface area (Å²) in [6, 6.07) is 9.50. The maximum atomic E-state index is 12.9. The highest BCUT2D eigenvalue weighted by molar-refractivity contribution is 5.86. The number of ether oxygens (including phenoxy) is 1. The van der Waals surface area contributed by atoms with E-state index in [2.05, 4.69) is 4.98 Å². The largest absolute Gasteiger partial charge is 0.459 e. The number of likely N-dealkylation sites (tertiary alicyclic amines) is 1. The second-order valence-corrected chi connectivity index (χ2v) is 8.00. The summed E-state index contributed by atoms with van der Waals surface area (Å²) in [7, 11) is 0. The van der Waals surface area contributed by atoms with Gasteiger partial charge in [-0.1, -0.05) is 18.2 Å². The second kappa shape index (κ2) is 8.68. The fourth-order valence-corrected chi connectivity index (χ4v) is 3.74. The average molecular weight is 459 g/mol. The van der Waals surface area contributed by atoms with Gasteiger partial charge in [0.2, 0.25) is 5.91 Å². The Labute approximate surface area is 186 Å². The number of amides is 1. The summed E-state index contributed by atoms with van der Waals surface area (Å²) in [5.41, 5.74) is 0.814. The standard InChI is InChI=1S/C23H20F3N3O4/c1-14-5-6-19-27-18(9-21(31)29(19)10-14)13-33-22(32)16-8-20(30)28(12-16)11-15-3-2-4-17(7-15)23(24,25)26/h2-7,9-10,16H,8,11-13H2,1H3. The summed E-state index contributed by atoms with van der Waals surface area (Å²) in [6.45, 7) is 1.63. The van der Waals surface area contributed by atoms with Crippen molar-refractivity contribution < 1.29 is 27.5 Å². The van der Waals surface area contributed by atoms with Crippen LogP contribution in [0.4, 0.5) is 13.2 Å². The number of carbonyl (C=O) groups excluding carboxylic acids is 2. The molecule has 10 heteroatoms. The molecule has 0 radical (unpaired) electrons. The molecule has 1 atom stereocenters. The average Bonchev–Trinajstić information content (AvgIpc) is 3.12. The smallest absolute Gasteiger partial charge is 0.416 e. The molecule has 3 heterocycles. The molecule has 0 spiro atoms. The lowest BCUT2D eigenvalue weighted by Gasteiger charge is -2.17. The molecular formula is C23H20F3N3O4. The number of hydrogen-bond donors (Lipinski definition) is 0. The zero-order valence-electron chi connectivity index (χ0n) is 17.6. The summed E-state index contributed by atoms with van der Waals surface area (Å²) < 4.78 is 45.4. The summed E-state index contributed by atoms with van der Waals surface area (Å²) in [5.74, 6) is -1.71. The summed E-state index contributed by atoms with van der Waals surface area (Å²) in [4.78, 5) is 42.7. The molecule has 1 aliphatic heterocycles. The van der Waals surface area contributed by atoms with Crippen LogP contribution in [0.15, 0.2) is 53.5 Å². The van der Waals surface area contributed by atoms with Crippen molar-refractivity contribution in [1.29, 1.82) is 0 Å². The maximum absolute atomic E-state index is 12.9. The van der Waals surface area contributed by atoms with Crippen molar-refractivity contribution in [3.63, 3.8) is 0 Å². The zero-order valence-corrected chi connectivity index (χ0v) is 17.6. The molecule has 0 N–H and O–H groups in total. The van der Waals surface area contributed by atoms with Gasteiger partial charge in [0.1, 0.15) is 12.3 Å². The second-order valence-electron chi connectivity index (χ2n) is 8.00. The third-order valence-electron chi connectivity index (χ3n) is 5.40. The van der Waals surface area contributed by atoms with Crippen LogP contribution in [0.2, 0.25) is 0 Å². The normalized spacial score (nSPS) is 16.4. The number of aryl methyl sites for hydroxylation is 1. The number of carbonyl (C=O) groups is 2. The number of rotatable bonds is 5. The Morgan fingerprint density at radius 3 is 2.73 bits per heavy atom. The minimum absolute atomic E-state index is 0.0328. The molecule has 33 heavy (non-hydrogen) atoms. The van der Waals surface area contributed by atoms with Crippen molar-refractivity contribution >= 4 is 17.5 Å². The number of fused-ring (bicyclic) bond motifs is 1. The molecule has 1 amide bonds. The number of halogens is 3. The number of aromatic nitrogens is 2. The quantitative estimate of drug-likeness (QED) is 0.548. The molecule has 0 aliphatic carbocycles. The molecule has 0 bridgehead atoms. The number of nitrogens with zero attached hydrogens (tertiary/aromatic N) is 3. The predicted octanol–water partition coefficient (Wildman–Crippen LogP) is 3.11. The first kappa shape index (κ1) is 22.5. The lowest BCUT2D eigenvalue weighted by Crippen LogP contribution is -2.26. The Kier molecular flexibility index (Phi) is 5.92. The number of benzene rings is 1. The van der Waals surface area contributed by atoms with Crippen LogP contribution in [0.5, 0.6) is 0 Å². The fraction of sp³-hybridized carbons (Fsp3) is 0.304. The van der Waals surface area contributed by atoms with E-state index in [-0.39, 0.29) is 43.3 Å². The van der Waals surface area contributed by atoms with Gasteiger partial charge in [-0.15, -0.1) is 0 Å². The van der Waals surface area contributed by atoms with Gasteiger partial charge in [-0.2, -0.15) is 13.2 Å². The van der Waals surface area contributed by atoms with Crippen LogP contribution in [-0.4, -0.2) is 32.7 Å². The van der Waals surface area contributed by atoms with E-state index in [1.165, 1.54) is 27.5 Å². The van der Waals surface area contributed by atoms with E-state index in [9.17, 15) is 27.6 Å². The first-order valence-electron chi connectivity index (χ1n) is 10.2. The van der Waals surface area contributed by atoms with Gasteiger partial charge < -0.3 is 9.64 Å². The van der Waals surface area contributed by atoms with Gasteiger partial charge >= 0.3 is 12.1 Å². The van der Waals surface area contributed by atoms with E-state index in [0.717, 1.165) is 17.7 Å². The first-order valence-corrected chi connectivity index (χ1v) is 10.2. The zero-order chi connectivity index (χ0) is 23.8. The van der Waals surface area contributed by atoms with Gasteiger partial charge in [0.25, 0.3) is 5.56 Å². The summed E-state index contributed by atoms with van der Waals surface area (Å²) in [6.07, 6.45) is -2.91. The minimum atomic E-state index is -4.48. The Balaban J connectivity index is 1.38. The van der Waals surface area contributed by atoms with Gasteiger partial charge in [-0.05, 0) is 36.2 Å². The molecular weight excluding hydrogens is 439 g/mol. The Morgan fingerprint density at radius 1 is 1.18 bits per heavy atom.